The topological polar surface area (TPSA) is 84.0 Å². The summed E-state index contributed by atoms with van der Waals surface area (Å²) >= 11 is 0.859. The van der Waals surface area contributed by atoms with E-state index in [2.05, 4.69) is 20.6 Å². The highest BCUT2D eigenvalue weighted by Crippen LogP contribution is 2.25. The van der Waals surface area contributed by atoms with Crippen molar-refractivity contribution in [2.45, 2.75) is 0 Å². The van der Waals surface area contributed by atoms with E-state index < -0.39 is 5.91 Å². The monoisotopic (exact) mass is 298 g/mol. The average Bonchev–Trinajstić information content (AvgIpc) is 2.78. The van der Waals surface area contributed by atoms with Gasteiger partial charge >= 0.3 is 0 Å². The Kier molecular flexibility index (Phi) is 3.65. The molecule has 1 fully saturated rings. The molecular formula is C14H10N4O2S. The van der Waals surface area contributed by atoms with E-state index in [1.165, 1.54) is 0 Å². The highest BCUT2D eigenvalue weighted by atomic mass is 32.2. The fourth-order valence-electron chi connectivity index (χ4n) is 1.72. The predicted molar refractivity (Wildman–Crippen MR) is 80.9 cm³/mol. The third-order valence-corrected chi connectivity index (χ3v) is 3.44. The SMILES string of the molecule is O=C1NC(=O)/C(=C/c2ccnc(Nc3ccccc3)n2)S1. The number of benzene rings is 1. The van der Waals surface area contributed by atoms with Crippen molar-refractivity contribution < 1.29 is 9.59 Å². The van der Waals surface area contributed by atoms with Crippen LogP contribution in [0.1, 0.15) is 5.69 Å². The number of imide groups is 1. The number of nitrogens with one attached hydrogen (secondary N) is 2. The van der Waals surface area contributed by atoms with Crippen LogP contribution >= 0.6 is 11.8 Å². The van der Waals surface area contributed by atoms with Crippen LogP contribution in [0.5, 0.6) is 0 Å². The smallest absolute Gasteiger partial charge is 0.290 e. The summed E-state index contributed by atoms with van der Waals surface area (Å²) in [6.45, 7) is 0. The molecule has 0 bridgehead atoms. The first-order valence-electron chi connectivity index (χ1n) is 6.11. The maximum atomic E-state index is 11.5. The number of hydrogen-bond donors (Lipinski definition) is 2. The van der Waals surface area contributed by atoms with E-state index in [0.29, 0.717) is 16.5 Å². The van der Waals surface area contributed by atoms with E-state index in [4.69, 9.17) is 0 Å². The number of hydrogen-bond acceptors (Lipinski definition) is 6. The zero-order chi connectivity index (χ0) is 14.7. The van der Waals surface area contributed by atoms with Gasteiger partial charge in [0, 0.05) is 11.9 Å². The Morgan fingerprint density at radius 3 is 2.67 bits per heavy atom. The van der Waals surface area contributed by atoms with Crippen LogP contribution in [0.25, 0.3) is 6.08 Å². The van der Waals surface area contributed by atoms with E-state index in [1.807, 2.05) is 30.3 Å². The molecule has 1 aliphatic heterocycles. The molecule has 6 nitrogen and oxygen atoms in total. The Morgan fingerprint density at radius 2 is 1.95 bits per heavy atom. The van der Waals surface area contributed by atoms with Gasteiger partial charge in [-0.05, 0) is 36.0 Å². The van der Waals surface area contributed by atoms with Crippen LogP contribution in [0.2, 0.25) is 0 Å². The molecule has 2 N–H and O–H groups in total. The van der Waals surface area contributed by atoms with Crippen molar-refractivity contribution in [2.24, 2.45) is 0 Å². The standard InChI is InChI=1S/C14H10N4O2S/c19-12-11(21-14(20)18-12)8-10-6-7-15-13(17-10)16-9-4-2-1-3-5-9/h1-8H,(H,15,16,17)(H,18,19,20)/b11-8-. The Morgan fingerprint density at radius 1 is 1.14 bits per heavy atom. The molecule has 0 radical (unpaired) electrons. The largest absolute Gasteiger partial charge is 0.324 e. The molecule has 0 aliphatic carbocycles. The first kappa shape index (κ1) is 13.3. The van der Waals surface area contributed by atoms with Gasteiger partial charge in [-0.25, -0.2) is 9.97 Å². The molecule has 0 saturated carbocycles. The molecule has 1 aromatic carbocycles. The molecule has 1 saturated heterocycles. The predicted octanol–water partition coefficient (Wildman–Crippen LogP) is 2.54. The molecule has 7 heteroatoms. The van der Waals surface area contributed by atoms with Crippen LogP contribution in [0.15, 0.2) is 47.5 Å². The maximum absolute atomic E-state index is 11.5. The summed E-state index contributed by atoms with van der Waals surface area (Å²) in [6.07, 6.45) is 3.15. The Bertz CT molecular complexity index is 731. The highest BCUT2D eigenvalue weighted by molar-refractivity contribution is 8.18. The normalized spacial score (nSPS) is 16.1. The molecule has 0 atom stereocenters. The molecule has 3 rings (SSSR count). The lowest BCUT2D eigenvalue weighted by molar-refractivity contribution is -0.115. The number of aromatic nitrogens is 2. The van der Waals surface area contributed by atoms with Gasteiger partial charge in [-0.3, -0.25) is 14.9 Å². The van der Waals surface area contributed by atoms with Crippen molar-refractivity contribution in [2.75, 3.05) is 5.32 Å². The lowest BCUT2D eigenvalue weighted by Gasteiger charge is -2.04. The second kappa shape index (κ2) is 5.76. The van der Waals surface area contributed by atoms with Crippen molar-refractivity contribution in [3.63, 3.8) is 0 Å². The van der Waals surface area contributed by atoms with E-state index in [9.17, 15) is 9.59 Å². The number of carbonyl (C=O) groups is 2. The maximum Gasteiger partial charge on any atom is 0.290 e. The lowest BCUT2D eigenvalue weighted by atomic mass is 10.3. The van der Waals surface area contributed by atoms with Gasteiger partial charge in [0.05, 0.1) is 10.6 Å². The number of anilines is 2. The van der Waals surface area contributed by atoms with Crippen molar-refractivity contribution in [3.8, 4) is 0 Å². The third-order valence-electron chi connectivity index (χ3n) is 2.63. The Balaban J connectivity index is 1.82. The van der Waals surface area contributed by atoms with Gasteiger partial charge in [-0.15, -0.1) is 0 Å². The van der Waals surface area contributed by atoms with Gasteiger partial charge in [-0.1, -0.05) is 18.2 Å². The molecule has 0 spiro atoms. The number of carbonyl (C=O) groups excluding carboxylic acids is 2. The molecule has 2 heterocycles. The Hall–Kier alpha value is -2.67. The molecule has 1 aromatic heterocycles. The summed E-state index contributed by atoms with van der Waals surface area (Å²) < 4.78 is 0. The van der Waals surface area contributed by atoms with Crippen LogP contribution in [0.4, 0.5) is 16.4 Å². The first-order valence-corrected chi connectivity index (χ1v) is 6.92. The molecule has 21 heavy (non-hydrogen) atoms. The second-order valence-electron chi connectivity index (χ2n) is 4.15. The van der Waals surface area contributed by atoms with Crippen molar-refractivity contribution >= 4 is 40.6 Å². The van der Waals surface area contributed by atoms with E-state index in [1.54, 1.807) is 18.3 Å². The van der Waals surface area contributed by atoms with E-state index in [0.717, 1.165) is 17.4 Å². The van der Waals surface area contributed by atoms with Gasteiger partial charge in [0.15, 0.2) is 0 Å². The van der Waals surface area contributed by atoms with Crippen LogP contribution in [0.3, 0.4) is 0 Å². The second-order valence-corrected chi connectivity index (χ2v) is 5.16. The molecular weight excluding hydrogens is 288 g/mol. The quantitative estimate of drug-likeness (QED) is 0.847. The summed E-state index contributed by atoms with van der Waals surface area (Å²) in [5, 5.41) is 4.89. The minimum atomic E-state index is -0.402. The van der Waals surface area contributed by atoms with Gasteiger partial charge in [0.25, 0.3) is 11.1 Å². The number of nitrogens with zero attached hydrogens (tertiary/aromatic N) is 2. The summed E-state index contributed by atoms with van der Waals surface area (Å²) in [5.74, 6) is 0.0199. The summed E-state index contributed by atoms with van der Waals surface area (Å²) in [7, 11) is 0. The van der Waals surface area contributed by atoms with Crippen LogP contribution in [-0.2, 0) is 4.79 Å². The number of thioether (sulfide) groups is 1. The molecule has 104 valence electrons. The minimum absolute atomic E-state index is 0.323. The highest BCUT2D eigenvalue weighted by Gasteiger charge is 2.25. The van der Waals surface area contributed by atoms with Crippen molar-refractivity contribution in [3.05, 3.63) is 53.2 Å². The van der Waals surface area contributed by atoms with Crippen molar-refractivity contribution in [1.82, 2.24) is 15.3 Å². The Labute approximate surface area is 124 Å². The number of amides is 2. The average molecular weight is 298 g/mol. The van der Waals surface area contributed by atoms with Crippen LogP contribution < -0.4 is 10.6 Å². The van der Waals surface area contributed by atoms with Crippen LogP contribution in [0, 0.1) is 0 Å². The zero-order valence-corrected chi connectivity index (χ0v) is 11.6. The fourth-order valence-corrected chi connectivity index (χ4v) is 2.39. The molecule has 2 aromatic rings. The van der Waals surface area contributed by atoms with E-state index in [-0.39, 0.29) is 5.24 Å². The molecule has 0 unspecified atom stereocenters. The molecule has 1 aliphatic rings. The van der Waals surface area contributed by atoms with Gasteiger partial charge < -0.3 is 5.32 Å². The van der Waals surface area contributed by atoms with E-state index >= 15 is 0 Å². The van der Waals surface area contributed by atoms with Gasteiger partial charge in [0.2, 0.25) is 5.95 Å². The summed E-state index contributed by atoms with van der Waals surface area (Å²) in [6, 6.07) is 11.2. The van der Waals surface area contributed by atoms with Crippen LogP contribution in [-0.4, -0.2) is 21.1 Å². The fraction of sp³-hybridized carbons (Fsp3) is 0. The minimum Gasteiger partial charge on any atom is -0.324 e. The van der Waals surface area contributed by atoms with Gasteiger partial charge in [-0.2, -0.15) is 0 Å². The zero-order valence-electron chi connectivity index (χ0n) is 10.7. The molecule has 2 amide bonds. The number of para-hydroxylation sites is 1. The lowest BCUT2D eigenvalue weighted by Crippen LogP contribution is -2.17. The summed E-state index contributed by atoms with van der Waals surface area (Å²) in [4.78, 5) is 31.3. The van der Waals surface area contributed by atoms with Crippen molar-refractivity contribution in [1.29, 1.82) is 0 Å². The number of rotatable bonds is 3. The first-order chi connectivity index (χ1) is 10.2. The summed E-state index contributed by atoms with van der Waals surface area (Å²) in [5.41, 5.74) is 1.42. The third kappa shape index (κ3) is 3.26. The van der Waals surface area contributed by atoms with Gasteiger partial charge in [0.1, 0.15) is 0 Å².